The van der Waals surface area contributed by atoms with Crippen LogP contribution in [-0.4, -0.2) is 46.6 Å². The van der Waals surface area contributed by atoms with Gasteiger partial charge >= 0.3 is 0 Å². The molecule has 21 heavy (non-hydrogen) atoms. The van der Waals surface area contributed by atoms with Crippen molar-refractivity contribution in [2.75, 3.05) is 33.3 Å². The number of rotatable bonds is 8. The van der Waals surface area contributed by atoms with Crippen LogP contribution in [0.2, 0.25) is 0 Å². The lowest BCUT2D eigenvalue weighted by atomic mass is 10.1. The van der Waals surface area contributed by atoms with E-state index in [2.05, 4.69) is 23.5 Å². The third-order valence-electron chi connectivity index (χ3n) is 3.68. The number of aryl methyl sites for hydroxylation is 2. The van der Waals surface area contributed by atoms with E-state index in [1.165, 1.54) is 7.11 Å². The van der Waals surface area contributed by atoms with Crippen LogP contribution in [0.1, 0.15) is 25.0 Å². The molecule has 0 amide bonds. The molecule has 5 nitrogen and oxygen atoms in total. The number of sulfonamides is 1. The summed E-state index contributed by atoms with van der Waals surface area (Å²) in [4.78, 5) is 2.37. The molecule has 1 rings (SSSR count). The maximum atomic E-state index is 12.4. The van der Waals surface area contributed by atoms with Crippen molar-refractivity contribution in [3.63, 3.8) is 0 Å². The van der Waals surface area contributed by atoms with Crippen LogP contribution in [0.3, 0.4) is 0 Å². The van der Waals surface area contributed by atoms with E-state index in [4.69, 9.17) is 4.74 Å². The maximum absolute atomic E-state index is 12.4. The lowest BCUT2D eigenvalue weighted by Crippen LogP contribution is -2.35. The minimum absolute atomic E-state index is 0.202. The van der Waals surface area contributed by atoms with E-state index in [0.29, 0.717) is 18.8 Å². The van der Waals surface area contributed by atoms with E-state index in [1.54, 1.807) is 12.1 Å². The highest BCUT2D eigenvalue weighted by molar-refractivity contribution is 7.89. The zero-order valence-electron chi connectivity index (χ0n) is 13.6. The van der Waals surface area contributed by atoms with Crippen LogP contribution >= 0.6 is 0 Å². The first kappa shape index (κ1) is 17.9. The standard InChI is InChI=1S/C15H26N2O3S/c1-6-17(7-2)9-8-16-21(18,19)15-11-13(4)12(3)10-14(15)20-5/h10-11,16H,6-9H2,1-5H3. The number of hydrogen-bond donors (Lipinski definition) is 1. The highest BCUT2D eigenvalue weighted by Crippen LogP contribution is 2.26. The van der Waals surface area contributed by atoms with Crippen LogP contribution in [-0.2, 0) is 10.0 Å². The molecule has 1 aromatic rings. The summed E-state index contributed by atoms with van der Waals surface area (Å²) in [5.74, 6) is 0.383. The van der Waals surface area contributed by atoms with Crippen LogP contribution < -0.4 is 9.46 Å². The molecule has 0 radical (unpaired) electrons. The van der Waals surface area contributed by atoms with E-state index < -0.39 is 10.0 Å². The van der Waals surface area contributed by atoms with Gasteiger partial charge in [0.15, 0.2) is 0 Å². The molecule has 0 unspecified atom stereocenters. The Morgan fingerprint density at radius 3 is 2.24 bits per heavy atom. The van der Waals surface area contributed by atoms with Gasteiger partial charge in [0, 0.05) is 13.1 Å². The van der Waals surface area contributed by atoms with Gasteiger partial charge in [-0.05, 0) is 50.2 Å². The average molecular weight is 314 g/mol. The predicted octanol–water partition coefficient (Wildman–Crippen LogP) is 1.93. The number of benzene rings is 1. The quantitative estimate of drug-likeness (QED) is 0.796. The van der Waals surface area contributed by atoms with Gasteiger partial charge in [0.25, 0.3) is 0 Å². The van der Waals surface area contributed by atoms with Crippen LogP contribution in [0, 0.1) is 13.8 Å². The Kier molecular flexibility index (Phi) is 6.64. The highest BCUT2D eigenvalue weighted by atomic mass is 32.2. The van der Waals surface area contributed by atoms with Gasteiger partial charge in [0.1, 0.15) is 10.6 Å². The molecule has 0 fully saturated rings. The Bertz CT molecular complexity index is 567. The van der Waals surface area contributed by atoms with Crippen LogP contribution in [0.15, 0.2) is 17.0 Å². The molecule has 0 saturated heterocycles. The van der Waals surface area contributed by atoms with E-state index in [0.717, 1.165) is 24.2 Å². The minimum Gasteiger partial charge on any atom is -0.495 e. The molecule has 0 atom stereocenters. The fourth-order valence-electron chi connectivity index (χ4n) is 2.09. The number of nitrogens with one attached hydrogen (secondary N) is 1. The highest BCUT2D eigenvalue weighted by Gasteiger charge is 2.20. The van der Waals surface area contributed by atoms with Gasteiger partial charge in [-0.1, -0.05) is 13.8 Å². The lowest BCUT2D eigenvalue weighted by molar-refractivity contribution is 0.309. The SMILES string of the molecule is CCN(CC)CCNS(=O)(=O)c1cc(C)c(C)cc1OC. The molecule has 0 spiro atoms. The van der Waals surface area contributed by atoms with E-state index >= 15 is 0 Å². The van der Waals surface area contributed by atoms with Crippen molar-refractivity contribution in [3.05, 3.63) is 23.3 Å². The van der Waals surface area contributed by atoms with Crippen LogP contribution in [0.25, 0.3) is 0 Å². The number of nitrogens with zero attached hydrogens (tertiary/aromatic N) is 1. The second-order valence-electron chi connectivity index (χ2n) is 5.01. The van der Waals surface area contributed by atoms with Gasteiger partial charge in [-0.25, -0.2) is 13.1 Å². The summed E-state index contributed by atoms with van der Waals surface area (Å²) >= 11 is 0. The Morgan fingerprint density at radius 2 is 1.71 bits per heavy atom. The number of methoxy groups -OCH3 is 1. The summed E-state index contributed by atoms with van der Waals surface area (Å²) < 4.78 is 32.7. The summed E-state index contributed by atoms with van der Waals surface area (Å²) in [5, 5.41) is 0. The molecular weight excluding hydrogens is 288 g/mol. The Morgan fingerprint density at radius 1 is 1.14 bits per heavy atom. The molecule has 0 aliphatic carbocycles. The third-order valence-corrected chi connectivity index (χ3v) is 5.17. The van der Waals surface area contributed by atoms with Crippen LogP contribution in [0.5, 0.6) is 5.75 Å². The second-order valence-corrected chi connectivity index (χ2v) is 6.75. The number of likely N-dealkylation sites (N-methyl/N-ethyl adjacent to an activating group) is 1. The van der Waals surface area contributed by atoms with E-state index in [1.807, 2.05) is 13.8 Å². The summed E-state index contributed by atoms with van der Waals surface area (Å²) in [6, 6.07) is 3.42. The van der Waals surface area contributed by atoms with E-state index in [9.17, 15) is 8.42 Å². The number of ether oxygens (including phenoxy) is 1. The topological polar surface area (TPSA) is 58.6 Å². The molecular formula is C15H26N2O3S. The summed E-state index contributed by atoms with van der Waals surface area (Å²) in [7, 11) is -2.07. The first-order chi connectivity index (χ1) is 9.85. The van der Waals surface area contributed by atoms with Gasteiger partial charge in [0.05, 0.1) is 7.11 Å². The molecule has 0 aliphatic rings. The van der Waals surface area contributed by atoms with Gasteiger partial charge in [-0.2, -0.15) is 0 Å². The summed E-state index contributed by atoms with van der Waals surface area (Å²) in [6.45, 7) is 10.8. The largest absolute Gasteiger partial charge is 0.495 e. The normalized spacial score (nSPS) is 11.9. The first-order valence-corrected chi connectivity index (χ1v) is 8.71. The Labute approximate surface area is 128 Å². The van der Waals surface area contributed by atoms with Crippen molar-refractivity contribution >= 4 is 10.0 Å². The zero-order chi connectivity index (χ0) is 16.0. The Hall–Kier alpha value is -1.11. The maximum Gasteiger partial charge on any atom is 0.244 e. The molecule has 0 aliphatic heterocycles. The van der Waals surface area contributed by atoms with Crippen LogP contribution in [0.4, 0.5) is 0 Å². The smallest absolute Gasteiger partial charge is 0.244 e. The van der Waals surface area contributed by atoms with Gasteiger partial charge in [-0.3, -0.25) is 0 Å². The second kappa shape index (κ2) is 7.77. The molecule has 6 heteroatoms. The molecule has 1 N–H and O–H groups in total. The monoisotopic (exact) mass is 314 g/mol. The minimum atomic E-state index is -3.56. The molecule has 0 heterocycles. The summed E-state index contributed by atoms with van der Waals surface area (Å²) in [6.07, 6.45) is 0. The molecule has 120 valence electrons. The van der Waals surface area contributed by atoms with Crippen molar-refractivity contribution < 1.29 is 13.2 Å². The molecule has 0 aromatic heterocycles. The Balaban J connectivity index is 2.90. The van der Waals surface area contributed by atoms with Crippen molar-refractivity contribution in [1.82, 2.24) is 9.62 Å². The summed E-state index contributed by atoms with van der Waals surface area (Å²) in [5.41, 5.74) is 1.94. The first-order valence-electron chi connectivity index (χ1n) is 7.23. The van der Waals surface area contributed by atoms with Gasteiger partial charge < -0.3 is 9.64 Å². The predicted molar refractivity (Wildman–Crippen MR) is 85.4 cm³/mol. The zero-order valence-corrected chi connectivity index (χ0v) is 14.4. The average Bonchev–Trinajstić information content (AvgIpc) is 2.45. The lowest BCUT2D eigenvalue weighted by Gasteiger charge is -2.18. The molecule has 1 aromatic carbocycles. The fourth-order valence-corrected chi connectivity index (χ4v) is 3.34. The van der Waals surface area contributed by atoms with Gasteiger partial charge in [0.2, 0.25) is 10.0 Å². The van der Waals surface area contributed by atoms with Crippen molar-refractivity contribution in [2.45, 2.75) is 32.6 Å². The molecule has 0 saturated carbocycles. The van der Waals surface area contributed by atoms with Crippen molar-refractivity contribution in [3.8, 4) is 5.75 Å². The molecule has 0 bridgehead atoms. The third kappa shape index (κ3) is 4.69. The van der Waals surface area contributed by atoms with E-state index in [-0.39, 0.29) is 4.90 Å². The van der Waals surface area contributed by atoms with Crippen molar-refractivity contribution in [1.29, 1.82) is 0 Å². The van der Waals surface area contributed by atoms with Gasteiger partial charge in [-0.15, -0.1) is 0 Å². The number of hydrogen-bond acceptors (Lipinski definition) is 4. The fraction of sp³-hybridized carbons (Fsp3) is 0.600. The van der Waals surface area contributed by atoms with Crippen molar-refractivity contribution in [2.24, 2.45) is 0 Å².